The highest BCUT2D eigenvalue weighted by Crippen LogP contribution is 2.36. The van der Waals surface area contributed by atoms with Crippen LogP contribution in [0.3, 0.4) is 0 Å². The number of hydrogen-bond acceptors (Lipinski definition) is 4. The van der Waals surface area contributed by atoms with Crippen molar-refractivity contribution >= 4 is 29.3 Å². The fourth-order valence-corrected chi connectivity index (χ4v) is 4.23. The lowest BCUT2D eigenvalue weighted by atomic mass is 10.2. The van der Waals surface area contributed by atoms with Crippen LogP contribution in [0.5, 0.6) is 0 Å². The topological polar surface area (TPSA) is 63.4 Å². The summed E-state index contributed by atoms with van der Waals surface area (Å²) in [4.78, 5) is 26.6. The molecule has 0 bridgehead atoms. The highest BCUT2D eigenvalue weighted by Gasteiger charge is 2.43. The van der Waals surface area contributed by atoms with Gasteiger partial charge in [0, 0.05) is 23.0 Å². The highest BCUT2D eigenvalue weighted by atomic mass is 32.2. The molecule has 0 spiro atoms. The third-order valence-electron chi connectivity index (χ3n) is 4.00. The van der Waals surface area contributed by atoms with E-state index in [2.05, 4.69) is 0 Å². The molecule has 2 amide bonds. The lowest BCUT2D eigenvalue weighted by molar-refractivity contribution is -0.140. The Bertz CT molecular complexity index is 567. The molecule has 1 aromatic rings. The second-order valence-electron chi connectivity index (χ2n) is 5.57. The second-order valence-corrected chi connectivity index (χ2v) is 6.85. The van der Waals surface area contributed by atoms with Gasteiger partial charge in [-0.3, -0.25) is 14.5 Å². The van der Waals surface area contributed by atoms with E-state index in [0.29, 0.717) is 10.6 Å². The number of thioether (sulfide) groups is 1. The van der Waals surface area contributed by atoms with Gasteiger partial charge in [0.05, 0.1) is 5.25 Å². The van der Waals surface area contributed by atoms with Gasteiger partial charge in [0.25, 0.3) is 0 Å². The van der Waals surface area contributed by atoms with E-state index in [4.69, 9.17) is 5.73 Å². The van der Waals surface area contributed by atoms with Crippen LogP contribution < -0.4 is 5.73 Å². The molecule has 0 aromatic heterocycles. The van der Waals surface area contributed by atoms with E-state index in [1.165, 1.54) is 28.8 Å². The van der Waals surface area contributed by atoms with Crippen LogP contribution in [0.2, 0.25) is 0 Å². The Morgan fingerprint density at radius 1 is 1.19 bits per heavy atom. The highest BCUT2D eigenvalue weighted by molar-refractivity contribution is 8.00. The van der Waals surface area contributed by atoms with Crippen molar-refractivity contribution in [2.24, 2.45) is 0 Å². The first-order valence-electron chi connectivity index (χ1n) is 7.13. The first-order chi connectivity index (χ1) is 10.0. The minimum atomic E-state index is -0.459. The van der Waals surface area contributed by atoms with Crippen molar-refractivity contribution in [3.8, 4) is 0 Å². The number of hydrogen-bond donors (Lipinski definition) is 1. The van der Waals surface area contributed by atoms with Crippen LogP contribution in [0.15, 0.2) is 23.1 Å². The summed E-state index contributed by atoms with van der Waals surface area (Å²) < 4.78 is 13.3. The van der Waals surface area contributed by atoms with Gasteiger partial charge in [-0.1, -0.05) is 12.8 Å². The van der Waals surface area contributed by atoms with Crippen LogP contribution in [0.4, 0.5) is 10.1 Å². The quantitative estimate of drug-likeness (QED) is 0.688. The SMILES string of the molecule is Nc1cc(F)cc(SC2CC(=O)N(C3CCCC3)C2=O)c1. The van der Waals surface area contributed by atoms with Crippen LogP contribution in [0.1, 0.15) is 32.1 Å². The summed E-state index contributed by atoms with van der Waals surface area (Å²) in [6.45, 7) is 0. The lowest BCUT2D eigenvalue weighted by Gasteiger charge is -2.22. The van der Waals surface area contributed by atoms with Crippen LogP contribution in [-0.2, 0) is 9.59 Å². The van der Waals surface area contributed by atoms with Gasteiger partial charge in [0.1, 0.15) is 5.82 Å². The molecule has 21 heavy (non-hydrogen) atoms. The Balaban J connectivity index is 1.74. The third-order valence-corrected chi connectivity index (χ3v) is 5.16. The summed E-state index contributed by atoms with van der Waals surface area (Å²) in [5.74, 6) is -0.671. The number of benzene rings is 1. The fraction of sp³-hybridized carbons (Fsp3) is 0.467. The Labute approximate surface area is 126 Å². The van der Waals surface area contributed by atoms with E-state index in [1.54, 1.807) is 6.07 Å². The number of carbonyl (C=O) groups is 2. The summed E-state index contributed by atoms with van der Waals surface area (Å²) in [5.41, 5.74) is 5.93. The van der Waals surface area contributed by atoms with E-state index < -0.39 is 11.1 Å². The smallest absolute Gasteiger partial charge is 0.243 e. The molecule has 1 aliphatic heterocycles. The second kappa shape index (κ2) is 5.67. The monoisotopic (exact) mass is 308 g/mol. The van der Waals surface area contributed by atoms with Crippen molar-refractivity contribution in [1.82, 2.24) is 4.90 Å². The fourth-order valence-electron chi connectivity index (χ4n) is 3.08. The molecule has 1 heterocycles. The van der Waals surface area contributed by atoms with Crippen LogP contribution in [0.25, 0.3) is 0 Å². The van der Waals surface area contributed by atoms with Gasteiger partial charge in [0.15, 0.2) is 0 Å². The van der Waals surface area contributed by atoms with E-state index in [-0.39, 0.29) is 24.3 Å². The number of nitrogens with two attached hydrogens (primary N) is 1. The molecule has 112 valence electrons. The van der Waals surface area contributed by atoms with Gasteiger partial charge in [-0.15, -0.1) is 11.8 Å². The summed E-state index contributed by atoms with van der Waals surface area (Å²) in [5, 5.41) is -0.459. The standard InChI is InChI=1S/C15H17FN2O2S/c16-9-5-10(17)7-12(6-9)21-13-8-14(19)18(15(13)20)11-3-1-2-4-11/h5-7,11,13H,1-4,8,17H2. The van der Waals surface area contributed by atoms with Crippen molar-refractivity contribution < 1.29 is 14.0 Å². The molecule has 1 aromatic carbocycles. The molecule has 2 N–H and O–H groups in total. The molecule has 2 fully saturated rings. The third kappa shape index (κ3) is 2.90. The number of likely N-dealkylation sites (tertiary alicyclic amines) is 1. The van der Waals surface area contributed by atoms with E-state index in [9.17, 15) is 14.0 Å². The van der Waals surface area contributed by atoms with E-state index >= 15 is 0 Å². The maximum absolute atomic E-state index is 13.3. The Morgan fingerprint density at radius 2 is 1.90 bits per heavy atom. The largest absolute Gasteiger partial charge is 0.399 e. The van der Waals surface area contributed by atoms with Gasteiger partial charge in [0.2, 0.25) is 11.8 Å². The minimum Gasteiger partial charge on any atom is -0.399 e. The molecule has 2 aliphatic rings. The zero-order valence-electron chi connectivity index (χ0n) is 11.5. The summed E-state index contributed by atoms with van der Waals surface area (Å²) in [7, 11) is 0. The molecule has 3 rings (SSSR count). The molecule has 6 heteroatoms. The normalized spacial score (nSPS) is 23.3. The maximum Gasteiger partial charge on any atom is 0.243 e. The number of carbonyl (C=O) groups excluding carboxylic acids is 2. The number of halogens is 1. The van der Waals surface area contributed by atoms with Gasteiger partial charge >= 0.3 is 0 Å². The van der Waals surface area contributed by atoms with Crippen molar-refractivity contribution in [3.05, 3.63) is 24.0 Å². The van der Waals surface area contributed by atoms with E-state index in [1.807, 2.05) is 0 Å². The summed E-state index contributed by atoms with van der Waals surface area (Å²) in [6, 6.07) is 4.27. The Kier molecular flexibility index (Phi) is 3.89. The first kappa shape index (κ1) is 14.4. The lowest BCUT2D eigenvalue weighted by Crippen LogP contribution is -2.39. The average Bonchev–Trinajstić information content (AvgIpc) is 2.98. The number of amides is 2. The van der Waals surface area contributed by atoms with E-state index in [0.717, 1.165) is 25.7 Å². The number of rotatable bonds is 3. The van der Waals surface area contributed by atoms with Crippen molar-refractivity contribution in [3.63, 3.8) is 0 Å². The summed E-state index contributed by atoms with van der Waals surface area (Å²) in [6.07, 6.45) is 4.14. The molecular formula is C15H17FN2O2S. The van der Waals surface area contributed by atoms with Gasteiger partial charge < -0.3 is 5.73 Å². The molecule has 1 saturated heterocycles. The van der Waals surface area contributed by atoms with Gasteiger partial charge in [-0.2, -0.15) is 0 Å². The first-order valence-corrected chi connectivity index (χ1v) is 8.01. The van der Waals surface area contributed by atoms with Crippen molar-refractivity contribution in [1.29, 1.82) is 0 Å². The number of imide groups is 1. The van der Waals surface area contributed by atoms with Crippen LogP contribution in [-0.4, -0.2) is 28.0 Å². The molecule has 0 radical (unpaired) electrons. The predicted octanol–water partition coefficient (Wildman–Crippen LogP) is 2.57. The maximum atomic E-state index is 13.3. The van der Waals surface area contributed by atoms with Gasteiger partial charge in [-0.05, 0) is 31.0 Å². The molecule has 1 unspecified atom stereocenters. The van der Waals surface area contributed by atoms with Crippen LogP contribution in [0, 0.1) is 5.82 Å². The molecule has 4 nitrogen and oxygen atoms in total. The zero-order valence-corrected chi connectivity index (χ0v) is 12.4. The number of nitrogens with zero attached hydrogens (tertiary/aromatic N) is 1. The minimum absolute atomic E-state index is 0.0631. The predicted molar refractivity (Wildman–Crippen MR) is 79.2 cm³/mol. The Morgan fingerprint density at radius 3 is 2.57 bits per heavy atom. The average molecular weight is 308 g/mol. The molecular weight excluding hydrogens is 291 g/mol. The van der Waals surface area contributed by atoms with Crippen LogP contribution >= 0.6 is 11.8 Å². The molecule has 1 aliphatic carbocycles. The van der Waals surface area contributed by atoms with Crippen molar-refractivity contribution in [2.75, 3.05) is 5.73 Å². The Hall–Kier alpha value is -1.56. The zero-order chi connectivity index (χ0) is 15.0. The molecule has 1 atom stereocenters. The number of nitrogen functional groups attached to an aromatic ring is 1. The number of anilines is 1. The molecule has 1 saturated carbocycles. The summed E-state index contributed by atoms with van der Waals surface area (Å²) >= 11 is 1.22. The van der Waals surface area contributed by atoms with Gasteiger partial charge in [-0.25, -0.2) is 4.39 Å². The van der Waals surface area contributed by atoms with Crippen molar-refractivity contribution in [2.45, 2.75) is 48.3 Å².